The Labute approximate surface area is 68.8 Å². The molecule has 4 heteroatoms. The molecule has 0 saturated heterocycles. The van der Waals surface area contributed by atoms with Crippen LogP contribution in [0, 0.1) is 4.91 Å². The van der Waals surface area contributed by atoms with E-state index in [2.05, 4.69) is 5.18 Å². The van der Waals surface area contributed by atoms with Gasteiger partial charge in [-0.05, 0) is 5.56 Å². The summed E-state index contributed by atoms with van der Waals surface area (Å²) in [5.41, 5.74) is 0.377. The van der Waals surface area contributed by atoms with Crippen molar-refractivity contribution in [3.63, 3.8) is 0 Å². The third-order valence-electron chi connectivity index (χ3n) is 1.44. The zero-order chi connectivity index (χ0) is 8.97. The van der Waals surface area contributed by atoms with Gasteiger partial charge in [0.1, 0.15) is 0 Å². The summed E-state index contributed by atoms with van der Waals surface area (Å²) in [6.07, 6.45) is -1.43. The van der Waals surface area contributed by atoms with Crippen LogP contribution in [-0.2, 0) is 4.79 Å². The molecule has 0 aliphatic rings. The molecular weight excluding hydrogens is 158 g/mol. The van der Waals surface area contributed by atoms with E-state index in [4.69, 9.17) is 5.11 Å². The summed E-state index contributed by atoms with van der Waals surface area (Å²) < 4.78 is 0. The van der Waals surface area contributed by atoms with Crippen LogP contribution >= 0.6 is 0 Å². The SMILES string of the molecule is O=NC(=O)C(O)c1ccccc1. The molecule has 0 aliphatic carbocycles. The van der Waals surface area contributed by atoms with Crippen molar-refractivity contribution in [2.24, 2.45) is 5.18 Å². The normalized spacial score (nSPS) is 12.1. The van der Waals surface area contributed by atoms with Crippen LogP contribution in [0.1, 0.15) is 11.7 Å². The van der Waals surface area contributed by atoms with Crippen molar-refractivity contribution in [1.82, 2.24) is 0 Å². The Morgan fingerprint density at radius 3 is 2.42 bits per heavy atom. The van der Waals surface area contributed by atoms with E-state index in [1.807, 2.05) is 0 Å². The first-order valence-corrected chi connectivity index (χ1v) is 3.36. The molecule has 0 aromatic heterocycles. The summed E-state index contributed by atoms with van der Waals surface area (Å²) in [5.74, 6) is -1.07. The Morgan fingerprint density at radius 2 is 1.92 bits per heavy atom. The molecule has 4 nitrogen and oxygen atoms in total. The van der Waals surface area contributed by atoms with Crippen molar-refractivity contribution >= 4 is 5.91 Å². The number of carbonyl (C=O) groups excluding carboxylic acids is 1. The zero-order valence-electron chi connectivity index (χ0n) is 6.18. The van der Waals surface area contributed by atoms with E-state index >= 15 is 0 Å². The van der Waals surface area contributed by atoms with Crippen LogP contribution in [-0.4, -0.2) is 11.0 Å². The fourth-order valence-electron chi connectivity index (χ4n) is 0.828. The molecule has 1 unspecified atom stereocenters. The molecule has 1 rings (SSSR count). The third kappa shape index (κ3) is 1.73. The van der Waals surface area contributed by atoms with E-state index in [1.165, 1.54) is 0 Å². The van der Waals surface area contributed by atoms with Crippen molar-refractivity contribution in [3.8, 4) is 0 Å². The second-order valence-corrected chi connectivity index (χ2v) is 2.24. The molecule has 0 radical (unpaired) electrons. The molecule has 0 heterocycles. The lowest BCUT2D eigenvalue weighted by atomic mass is 10.1. The van der Waals surface area contributed by atoms with Gasteiger partial charge in [0.25, 0.3) is 0 Å². The second kappa shape index (κ2) is 3.73. The number of amides is 1. The largest absolute Gasteiger partial charge is 0.378 e. The predicted octanol–water partition coefficient (Wildman–Crippen LogP) is 1.01. The van der Waals surface area contributed by atoms with Crippen LogP contribution in [0.4, 0.5) is 0 Å². The van der Waals surface area contributed by atoms with Crippen LogP contribution in [0.15, 0.2) is 35.5 Å². The van der Waals surface area contributed by atoms with Crippen LogP contribution in [0.2, 0.25) is 0 Å². The van der Waals surface area contributed by atoms with Gasteiger partial charge in [-0.15, -0.1) is 4.91 Å². The van der Waals surface area contributed by atoms with Gasteiger partial charge in [0, 0.05) is 5.18 Å². The van der Waals surface area contributed by atoms with Gasteiger partial charge < -0.3 is 5.11 Å². The molecule has 1 atom stereocenters. The number of rotatable bonds is 2. The van der Waals surface area contributed by atoms with Crippen LogP contribution in [0.3, 0.4) is 0 Å². The Balaban J connectivity index is 2.85. The van der Waals surface area contributed by atoms with Gasteiger partial charge in [0.2, 0.25) is 0 Å². The highest BCUT2D eigenvalue weighted by atomic mass is 16.3. The molecule has 0 spiro atoms. The summed E-state index contributed by atoms with van der Waals surface area (Å²) in [4.78, 5) is 20.3. The van der Waals surface area contributed by atoms with Crippen molar-refractivity contribution < 1.29 is 9.90 Å². The first-order valence-electron chi connectivity index (χ1n) is 3.36. The maximum atomic E-state index is 10.6. The lowest BCUT2D eigenvalue weighted by Crippen LogP contribution is -2.07. The van der Waals surface area contributed by atoms with E-state index in [0.29, 0.717) is 5.56 Å². The fourth-order valence-corrected chi connectivity index (χ4v) is 0.828. The van der Waals surface area contributed by atoms with Gasteiger partial charge in [-0.3, -0.25) is 4.79 Å². The van der Waals surface area contributed by atoms with Crippen LogP contribution < -0.4 is 0 Å². The first-order chi connectivity index (χ1) is 5.75. The second-order valence-electron chi connectivity index (χ2n) is 2.24. The molecule has 1 N–H and O–H groups in total. The highest BCUT2D eigenvalue weighted by molar-refractivity contribution is 5.82. The predicted molar refractivity (Wildman–Crippen MR) is 42.2 cm³/mol. The highest BCUT2D eigenvalue weighted by Gasteiger charge is 2.16. The quantitative estimate of drug-likeness (QED) is 0.665. The average molecular weight is 165 g/mol. The molecule has 12 heavy (non-hydrogen) atoms. The average Bonchev–Trinajstić information content (AvgIpc) is 2.17. The molecule has 1 aromatic carbocycles. The van der Waals surface area contributed by atoms with Gasteiger partial charge in [-0.1, -0.05) is 30.3 Å². The monoisotopic (exact) mass is 165 g/mol. The number of aliphatic hydroxyl groups excluding tert-OH is 1. The molecule has 0 fully saturated rings. The van der Waals surface area contributed by atoms with Gasteiger partial charge >= 0.3 is 5.91 Å². The lowest BCUT2D eigenvalue weighted by Gasteiger charge is -2.02. The highest BCUT2D eigenvalue weighted by Crippen LogP contribution is 2.12. The standard InChI is InChI=1S/C8H7NO3/c10-7(8(11)9-12)6-4-2-1-3-5-6/h1-5,7,10H. The molecule has 62 valence electrons. The van der Waals surface area contributed by atoms with Crippen molar-refractivity contribution in [1.29, 1.82) is 0 Å². The van der Waals surface area contributed by atoms with Gasteiger partial charge in [0.15, 0.2) is 6.10 Å². The Kier molecular flexibility index (Phi) is 2.66. The Bertz CT molecular complexity index is 284. The van der Waals surface area contributed by atoms with Crippen LogP contribution in [0.25, 0.3) is 0 Å². The topological polar surface area (TPSA) is 66.7 Å². The zero-order valence-corrected chi connectivity index (χ0v) is 6.18. The molecular formula is C8H7NO3. The van der Waals surface area contributed by atoms with Crippen LogP contribution in [0.5, 0.6) is 0 Å². The maximum Gasteiger partial charge on any atom is 0.319 e. The minimum Gasteiger partial charge on any atom is -0.378 e. The van der Waals surface area contributed by atoms with Gasteiger partial charge in [-0.2, -0.15) is 0 Å². The third-order valence-corrected chi connectivity index (χ3v) is 1.44. The van der Waals surface area contributed by atoms with Crippen molar-refractivity contribution in [2.75, 3.05) is 0 Å². The summed E-state index contributed by atoms with van der Waals surface area (Å²) in [5, 5.41) is 11.3. The number of nitrogens with zero attached hydrogens (tertiary/aromatic N) is 1. The summed E-state index contributed by atoms with van der Waals surface area (Å²) >= 11 is 0. The summed E-state index contributed by atoms with van der Waals surface area (Å²) in [6, 6.07) is 8.17. The van der Waals surface area contributed by atoms with Gasteiger partial charge in [-0.25, -0.2) is 0 Å². The minimum absolute atomic E-state index is 0.377. The van der Waals surface area contributed by atoms with E-state index in [-0.39, 0.29) is 0 Å². The summed E-state index contributed by atoms with van der Waals surface area (Å²) in [7, 11) is 0. The minimum atomic E-state index is -1.43. The number of aliphatic hydroxyl groups is 1. The number of carbonyl (C=O) groups is 1. The first kappa shape index (κ1) is 8.55. The van der Waals surface area contributed by atoms with Gasteiger partial charge in [0.05, 0.1) is 0 Å². The van der Waals surface area contributed by atoms with E-state index in [0.717, 1.165) is 0 Å². The number of hydrogen-bond acceptors (Lipinski definition) is 3. The number of benzene rings is 1. The number of nitroso groups, excluding NO2 is 1. The lowest BCUT2D eigenvalue weighted by molar-refractivity contribution is -0.126. The molecule has 0 bridgehead atoms. The number of hydrogen-bond donors (Lipinski definition) is 1. The Morgan fingerprint density at radius 1 is 1.33 bits per heavy atom. The summed E-state index contributed by atoms with van der Waals surface area (Å²) in [6.45, 7) is 0. The van der Waals surface area contributed by atoms with E-state index in [1.54, 1.807) is 30.3 Å². The van der Waals surface area contributed by atoms with Crippen molar-refractivity contribution in [3.05, 3.63) is 40.8 Å². The van der Waals surface area contributed by atoms with Crippen molar-refractivity contribution in [2.45, 2.75) is 6.10 Å². The molecule has 0 saturated carbocycles. The van der Waals surface area contributed by atoms with E-state index < -0.39 is 12.0 Å². The molecule has 1 amide bonds. The molecule has 0 aliphatic heterocycles. The maximum absolute atomic E-state index is 10.6. The smallest absolute Gasteiger partial charge is 0.319 e. The fraction of sp³-hybridized carbons (Fsp3) is 0.125. The Hall–Kier alpha value is -1.55. The molecule has 1 aromatic rings. The van der Waals surface area contributed by atoms with E-state index in [9.17, 15) is 9.70 Å².